The Morgan fingerprint density at radius 2 is 1.88 bits per heavy atom. The van der Waals surface area contributed by atoms with E-state index >= 15 is 0 Å². The number of amides is 1. The van der Waals surface area contributed by atoms with E-state index in [1.807, 2.05) is 35.2 Å². The van der Waals surface area contributed by atoms with Gasteiger partial charge in [0.1, 0.15) is 6.04 Å². The zero-order valence-electron chi connectivity index (χ0n) is 14.6. The molecule has 8 heteroatoms. The Morgan fingerprint density at radius 3 is 2.42 bits per heavy atom. The van der Waals surface area contributed by atoms with E-state index in [-0.39, 0.29) is 6.09 Å². The molecule has 1 fully saturated rings. The van der Waals surface area contributed by atoms with Gasteiger partial charge < -0.3 is 14.7 Å². The summed E-state index contributed by atoms with van der Waals surface area (Å²) in [5, 5.41) is 16.5. The third-order valence-electron chi connectivity index (χ3n) is 4.48. The Bertz CT molecular complexity index is 737. The standard InChI is InChI=1S/C18H22N4O4/c1-2-26-18(25)22-11-9-21(10-12-22)16(17(23)24)14-5-3-13(4-6-14)15-7-8-19-20-15/h3-8,16H,2,9-12H2,1H3,(H,19,20)(H,23,24). The Hall–Kier alpha value is -2.87. The van der Waals surface area contributed by atoms with Crippen molar-refractivity contribution < 1.29 is 19.4 Å². The number of nitrogens with one attached hydrogen (secondary N) is 1. The van der Waals surface area contributed by atoms with Crippen LogP contribution in [0.1, 0.15) is 18.5 Å². The van der Waals surface area contributed by atoms with Crippen LogP contribution in [0.2, 0.25) is 0 Å². The number of ether oxygens (including phenoxy) is 1. The fourth-order valence-electron chi connectivity index (χ4n) is 3.15. The molecule has 2 aromatic rings. The summed E-state index contributed by atoms with van der Waals surface area (Å²) < 4.78 is 5.00. The molecule has 2 N–H and O–H groups in total. The van der Waals surface area contributed by atoms with Gasteiger partial charge in [-0.3, -0.25) is 14.8 Å². The smallest absolute Gasteiger partial charge is 0.409 e. The minimum Gasteiger partial charge on any atom is -0.480 e. The summed E-state index contributed by atoms with van der Waals surface area (Å²) in [5.74, 6) is -0.899. The van der Waals surface area contributed by atoms with Crippen molar-refractivity contribution in [2.75, 3.05) is 32.8 Å². The number of rotatable bonds is 5. The van der Waals surface area contributed by atoms with Crippen LogP contribution in [0.5, 0.6) is 0 Å². The number of carboxylic acids is 1. The number of benzene rings is 1. The van der Waals surface area contributed by atoms with Crippen LogP contribution >= 0.6 is 0 Å². The summed E-state index contributed by atoms with van der Waals surface area (Å²) in [6, 6.07) is 8.54. The zero-order chi connectivity index (χ0) is 18.5. The second-order valence-corrected chi connectivity index (χ2v) is 6.06. The van der Waals surface area contributed by atoms with Gasteiger partial charge in [-0.1, -0.05) is 24.3 Å². The molecule has 1 aliphatic rings. The van der Waals surface area contributed by atoms with Crippen molar-refractivity contribution in [3.05, 3.63) is 42.1 Å². The fourth-order valence-corrected chi connectivity index (χ4v) is 3.15. The Labute approximate surface area is 151 Å². The van der Waals surface area contributed by atoms with Gasteiger partial charge in [0.2, 0.25) is 0 Å². The molecule has 1 saturated heterocycles. The van der Waals surface area contributed by atoms with Crippen molar-refractivity contribution in [3.8, 4) is 11.3 Å². The topological polar surface area (TPSA) is 98.8 Å². The van der Waals surface area contributed by atoms with Gasteiger partial charge in [-0.2, -0.15) is 5.10 Å². The maximum atomic E-state index is 11.9. The van der Waals surface area contributed by atoms with Gasteiger partial charge in [0.25, 0.3) is 0 Å². The molecular weight excluding hydrogens is 336 g/mol. The molecule has 0 radical (unpaired) electrons. The Balaban J connectivity index is 1.70. The molecule has 1 aromatic heterocycles. The Morgan fingerprint density at radius 1 is 1.19 bits per heavy atom. The predicted molar refractivity (Wildman–Crippen MR) is 94.6 cm³/mol. The van der Waals surface area contributed by atoms with Crippen molar-refractivity contribution in [2.45, 2.75) is 13.0 Å². The summed E-state index contributed by atoms with van der Waals surface area (Å²) in [6.45, 7) is 3.97. The van der Waals surface area contributed by atoms with Gasteiger partial charge in [-0.15, -0.1) is 0 Å². The fraction of sp³-hybridized carbons (Fsp3) is 0.389. The first-order chi connectivity index (χ1) is 12.6. The summed E-state index contributed by atoms with van der Waals surface area (Å²) in [5.41, 5.74) is 2.54. The summed E-state index contributed by atoms with van der Waals surface area (Å²) in [7, 11) is 0. The number of hydrogen-bond acceptors (Lipinski definition) is 5. The molecule has 1 aromatic carbocycles. The quantitative estimate of drug-likeness (QED) is 0.848. The van der Waals surface area contributed by atoms with Crippen molar-refractivity contribution in [1.29, 1.82) is 0 Å². The van der Waals surface area contributed by atoms with Crippen LogP contribution < -0.4 is 0 Å². The number of aromatic amines is 1. The molecule has 0 aliphatic carbocycles. The van der Waals surface area contributed by atoms with Crippen molar-refractivity contribution >= 4 is 12.1 Å². The average Bonchev–Trinajstić information content (AvgIpc) is 3.18. The molecule has 0 spiro atoms. The lowest BCUT2D eigenvalue weighted by atomic mass is 10.0. The molecule has 26 heavy (non-hydrogen) atoms. The molecule has 0 saturated carbocycles. The number of carbonyl (C=O) groups is 2. The van der Waals surface area contributed by atoms with Gasteiger partial charge in [0.15, 0.2) is 0 Å². The predicted octanol–water partition coefficient (Wildman–Crippen LogP) is 1.98. The molecule has 8 nitrogen and oxygen atoms in total. The third kappa shape index (κ3) is 3.85. The first-order valence-electron chi connectivity index (χ1n) is 8.58. The van der Waals surface area contributed by atoms with E-state index in [4.69, 9.17) is 4.74 Å². The maximum Gasteiger partial charge on any atom is 0.409 e. The van der Waals surface area contributed by atoms with E-state index in [1.54, 1.807) is 18.0 Å². The largest absolute Gasteiger partial charge is 0.480 e. The van der Waals surface area contributed by atoms with Crippen LogP contribution in [-0.4, -0.2) is 70.0 Å². The number of carboxylic acid groups (broad SMARTS) is 1. The van der Waals surface area contributed by atoms with Crippen LogP contribution in [-0.2, 0) is 9.53 Å². The molecule has 138 valence electrons. The van der Waals surface area contributed by atoms with Crippen molar-refractivity contribution in [3.63, 3.8) is 0 Å². The first-order valence-corrected chi connectivity index (χ1v) is 8.58. The minimum absolute atomic E-state index is 0.333. The average molecular weight is 358 g/mol. The minimum atomic E-state index is -0.899. The zero-order valence-corrected chi connectivity index (χ0v) is 14.6. The first kappa shape index (κ1) is 17.9. The second-order valence-electron chi connectivity index (χ2n) is 6.06. The molecule has 0 bridgehead atoms. The molecule has 1 aliphatic heterocycles. The number of aromatic nitrogens is 2. The van der Waals surface area contributed by atoms with Crippen molar-refractivity contribution in [1.82, 2.24) is 20.0 Å². The number of carbonyl (C=O) groups excluding carboxylic acids is 1. The SMILES string of the molecule is CCOC(=O)N1CCN(C(C(=O)O)c2ccc(-c3ccn[nH]3)cc2)CC1. The molecular formula is C18H22N4O4. The summed E-state index contributed by atoms with van der Waals surface area (Å²) >= 11 is 0. The molecule has 3 rings (SSSR count). The molecule has 2 heterocycles. The second kappa shape index (κ2) is 8.01. The summed E-state index contributed by atoms with van der Waals surface area (Å²) in [6.07, 6.45) is 1.33. The monoisotopic (exact) mass is 358 g/mol. The number of H-pyrrole nitrogens is 1. The number of nitrogens with zero attached hydrogens (tertiary/aromatic N) is 3. The lowest BCUT2D eigenvalue weighted by Gasteiger charge is -2.37. The highest BCUT2D eigenvalue weighted by molar-refractivity contribution is 5.76. The lowest BCUT2D eigenvalue weighted by molar-refractivity contribution is -0.144. The molecule has 1 unspecified atom stereocenters. The van der Waals surface area contributed by atoms with Crippen LogP contribution in [0.3, 0.4) is 0 Å². The van der Waals surface area contributed by atoms with E-state index < -0.39 is 12.0 Å². The van der Waals surface area contributed by atoms with Gasteiger partial charge in [0.05, 0.1) is 12.3 Å². The van der Waals surface area contributed by atoms with Gasteiger partial charge in [-0.05, 0) is 24.1 Å². The summed E-state index contributed by atoms with van der Waals surface area (Å²) in [4.78, 5) is 27.1. The van der Waals surface area contributed by atoms with E-state index in [0.717, 1.165) is 11.3 Å². The van der Waals surface area contributed by atoms with Crippen molar-refractivity contribution in [2.24, 2.45) is 0 Å². The van der Waals surface area contributed by atoms with E-state index in [9.17, 15) is 14.7 Å². The normalized spacial score (nSPS) is 16.3. The van der Waals surface area contributed by atoms with E-state index in [0.29, 0.717) is 38.3 Å². The van der Waals surface area contributed by atoms with Crippen LogP contribution in [0.4, 0.5) is 4.79 Å². The third-order valence-corrected chi connectivity index (χ3v) is 4.48. The van der Waals surface area contributed by atoms with Gasteiger partial charge in [0, 0.05) is 32.4 Å². The van der Waals surface area contributed by atoms with E-state index in [2.05, 4.69) is 10.2 Å². The van der Waals surface area contributed by atoms with Gasteiger partial charge >= 0.3 is 12.1 Å². The number of piperazine rings is 1. The van der Waals surface area contributed by atoms with Crippen LogP contribution in [0, 0.1) is 0 Å². The Kier molecular flexibility index (Phi) is 5.52. The number of hydrogen-bond donors (Lipinski definition) is 2. The lowest BCUT2D eigenvalue weighted by Crippen LogP contribution is -2.51. The van der Waals surface area contributed by atoms with Gasteiger partial charge in [-0.25, -0.2) is 4.79 Å². The van der Waals surface area contributed by atoms with Crippen LogP contribution in [0.25, 0.3) is 11.3 Å². The van der Waals surface area contributed by atoms with Crippen LogP contribution in [0.15, 0.2) is 36.5 Å². The molecule has 1 amide bonds. The van der Waals surface area contributed by atoms with E-state index in [1.165, 1.54) is 0 Å². The highest BCUT2D eigenvalue weighted by Crippen LogP contribution is 2.25. The highest BCUT2D eigenvalue weighted by Gasteiger charge is 2.31. The highest BCUT2D eigenvalue weighted by atomic mass is 16.6. The molecule has 1 atom stereocenters. The maximum absolute atomic E-state index is 11.9. The number of aliphatic carboxylic acids is 1.